The van der Waals surface area contributed by atoms with Gasteiger partial charge in [-0.05, 0) is 62.2 Å². The van der Waals surface area contributed by atoms with Crippen LogP contribution < -0.4 is 0 Å². The smallest absolute Gasteiger partial charge is 0.139 e. The van der Waals surface area contributed by atoms with Crippen molar-refractivity contribution in [2.24, 2.45) is 29.1 Å². The number of hydrogen-bond acceptors (Lipinski definition) is 4. The second-order valence-corrected chi connectivity index (χ2v) is 9.07. The summed E-state index contributed by atoms with van der Waals surface area (Å²) in [6.45, 7) is 4.23. The Bertz CT molecular complexity index is 479. The Morgan fingerprint density at radius 1 is 1.28 bits per heavy atom. The number of carbonyl (C=O) groups excluding carboxylic acids is 1. The summed E-state index contributed by atoms with van der Waals surface area (Å²) in [7, 11) is 1.70. The summed E-state index contributed by atoms with van der Waals surface area (Å²) in [5.74, 6) is 1.84. The lowest BCUT2D eigenvalue weighted by atomic mass is 9.54. The van der Waals surface area contributed by atoms with E-state index in [2.05, 4.69) is 13.8 Å². The molecule has 0 aliphatic heterocycles. The summed E-state index contributed by atoms with van der Waals surface area (Å²) < 4.78 is 5.70. The summed E-state index contributed by atoms with van der Waals surface area (Å²) in [4.78, 5) is 12.4. The average Bonchev–Trinajstić information content (AvgIpc) is 2.89. The highest BCUT2D eigenvalue weighted by Crippen LogP contribution is 2.58. The number of ether oxygens (including phenoxy) is 1. The van der Waals surface area contributed by atoms with Crippen LogP contribution in [0.25, 0.3) is 0 Å². The summed E-state index contributed by atoms with van der Waals surface area (Å²) in [6, 6.07) is 0. The largest absolute Gasteiger partial charge is 0.393 e. The Hall–Kier alpha value is -0.450. The van der Waals surface area contributed by atoms with Gasteiger partial charge in [0.2, 0.25) is 0 Å². The van der Waals surface area contributed by atoms with Gasteiger partial charge in [-0.1, -0.05) is 26.7 Å². The van der Waals surface area contributed by atoms with E-state index in [9.17, 15) is 15.0 Å². The van der Waals surface area contributed by atoms with Gasteiger partial charge in [-0.25, -0.2) is 0 Å². The van der Waals surface area contributed by atoms with Gasteiger partial charge in [-0.15, -0.1) is 0 Å². The maximum atomic E-state index is 12.4. The lowest BCUT2D eigenvalue weighted by Crippen LogP contribution is -2.52. The molecule has 0 amide bonds. The number of aliphatic hydroxyl groups excluding tert-OH is 2. The van der Waals surface area contributed by atoms with Gasteiger partial charge in [0.15, 0.2) is 0 Å². The molecule has 3 aliphatic rings. The molecule has 3 saturated carbocycles. The lowest BCUT2D eigenvalue weighted by molar-refractivity contribution is -0.143. The molecule has 0 unspecified atom stereocenters. The number of aliphatic hydroxyl groups is 2. The number of unbranched alkanes of at least 4 members (excludes halogenated alkanes) is 1. The minimum absolute atomic E-state index is 0.127. The third-order valence-electron chi connectivity index (χ3n) is 7.75. The Labute approximate surface area is 152 Å². The molecule has 3 aliphatic carbocycles. The van der Waals surface area contributed by atoms with Crippen molar-refractivity contribution in [1.82, 2.24) is 0 Å². The molecular weight excluding hydrogens is 316 g/mol. The normalized spacial score (nSPS) is 43.4. The zero-order valence-electron chi connectivity index (χ0n) is 16.1. The molecule has 2 N–H and O–H groups in total. The van der Waals surface area contributed by atoms with Crippen LogP contribution in [0.4, 0.5) is 0 Å². The van der Waals surface area contributed by atoms with Crippen LogP contribution in [0.5, 0.6) is 0 Å². The summed E-state index contributed by atoms with van der Waals surface area (Å²) in [5, 5.41) is 21.4. The third kappa shape index (κ3) is 3.42. The van der Waals surface area contributed by atoms with E-state index < -0.39 is 6.10 Å². The van der Waals surface area contributed by atoms with Gasteiger partial charge in [0, 0.05) is 18.9 Å². The van der Waals surface area contributed by atoms with E-state index >= 15 is 0 Å². The van der Waals surface area contributed by atoms with Crippen LogP contribution in [-0.4, -0.2) is 41.4 Å². The van der Waals surface area contributed by atoms with E-state index in [1.54, 1.807) is 7.11 Å². The molecule has 0 heterocycles. The van der Waals surface area contributed by atoms with E-state index in [-0.39, 0.29) is 23.5 Å². The minimum atomic E-state index is -0.412. The maximum absolute atomic E-state index is 12.4. The standard InChI is InChI=1S/C21H36O4/c1-4-5-6-17(22)20(25-3)13-7-8-14-15(11-13)18(23)12-21(2)16(14)9-10-19(21)24/h13-18,20,22-23H,4-12H2,1-3H3/t13-,14-,15-,16+,17-,18+,20-,21+/m1/s1. The van der Waals surface area contributed by atoms with Crippen molar-refractivity contribution in [3.8, 4) is 0 Å². The lowest BCUT2D eigenvalue weighted by Gasteiger charge is -2.52. The number of methoxy groups -OCH3 is 1. The number of ketones is 1. The molecule has 8 atom stereocenters. The maximum Gasteiger partial charge on any atom is 0.139 e. The second-order valence-electron chi connectivity index (χ2n) is 9.07. The van der Waals surface area contributed by atoms with E-state index in [0.717, 1.165) is 44.9 Å². The first-order chi connectivity index (χ1) is 11.9. The van der Waals surface area contributed by atoms with Crippen molar-refractivity contribution in [2.75, 3.05) is 7.11 Å². The predicted molar refractivity (Wildman–Crippen MR) is 97.1 cm³/mol. The van der Waals surface area contributed by atoms with E-state index in [4.69, 9.17) is 4.74 Å². The van der Waals surface area contributed by atoms with Crippen molar-refractivity contribution in [3.05, 3.63) is 0 Å². The first kappa shape index (κ1) is 19.3. The zero-order chi connectivity index (χ0) is 18.2. The highest BCUT2D eigenvalue weighted by Gasteiger charge is 2.57. The predicted octanol–water partition coefficient (Wildman–Crippen LogP) is 3.34. The van der Waals surface area contributed by atoms with Crippen LogP contribution >= 0.6 is 0 Å². The molecule has 0 saturated heterocycles. The van der Waals surface area contributed by atoms with Crippen molar-refractivity contribution in [2.45, 2.75) is 89.9 Å². The van der Waals surface area contributed by atoms with Gasteiger partial charge in [0.05, 0.1) is 18.3 Å². The van der Waals surface area contributed by atoms with Gasteiger partial charge in [0.1, 0.15) is 5.78 Å². The van der Waals surface area contributed by atoms with Gasteiger partial charge in [0.25, 0.3) is 0 Å². The Morgan fingerprint density at radius 3 is 2.72 bits per heavy atom. The van der Waals surface area contributed by atoms with Crippen LogP contribution in [0.3, 0.4) is 0 Å². The van der Waals surface area contributed by atoms with Crippen LogP contribution in [0.1, 0.15) is 71.6 Å². The van der Waals surface area contributed by atoms with Gasteiger partial charge in [-0.3, -0.25) is 4.79 Å². The number of Topliss-reactive ketones (excluding diaryl/α,β-unsaturated/α-hetero) is 1. The molecule has 3 fully saturated rings. The van der Waals surface area contributed by atoms with Crippen molar-refractivity contribution in [3.63, 3.8) is 0 Å². The topological polar surface area (TPSA) is 66.8 Å². The average molecular weight is 353 g/mol. The number of carbonyl (C=O) groups is 1. The molecule has 144 valence electrons. The van der Waals surface area contributed by atoms with Gasteiger partial charge < -0.3 is 14.9 Å². The van der Waals surface area contributed by atoms with E-state index in [1.165, 1.54) is 0 Å². The molecule has 0 aromatic rings. The van der Waals surface area contributed by atoms with Crippen molar-refractivity contribution in [1.29, 1.82) is 0 Å². The summed E-state index contributed by atoms with van der Waals surface area (Å²) in [5.41, 5.74) is -0.297. The van der Waals surface area contributed by atoms with Crippen LogP contribution in [0, 0.1) is 29.1 Å². The quantitative estimate of drug-likeness (QED) is 0.769. The van der Waals surface area contributed by atoms with E-state index in [0.29, 0.717) is 36.4 Å². The van der Waals surface area contributed by atoms with Crippen LogP contribution in [-0.2, 0) is 9.53 Å². The molecular formula is C21H36O4. The molecule has 3 rings (SSSR count). The van der Waals surface area contributed by atoms with Crippen molar-refractivity contribution >= 4 is 5.78 Å². The molecule has 4 heteroatoms. The SMILES string of the molecule is CCCC[C@@H](O)[C@H](OC)[C@@H]1CC[C@@H]2[C@@H](C1)[C@@H](O)C[C@]1(C)C(=O)CC[C@@H]21. The number of fused-ring (bicyclic) bond motifs is 3. The monoisotopic (exact) mass is 352 g/mol. The molecule has 0 spiro atoms. The van der Waals surface area contributed by atoms with Crippen molar-refractivity contribution < 1.29 is 19.7 Å². The molecule has 4 nitrogen and oxygen atoms in total. The molecule has 0 bridgehead atoms. The summed E-state index contributed by atoms with van der Waals surface area (Å²) in [6.07, 6.45) is 7.30. The van der Waals surface area contributed by atoms with E-state index in [1.807, 2.05) is 0 Å². The Morgan fingerprint density at radius 2 is 2.04 bits per heavy atom. The van der Waals surface area contributed by atoms with Gasteiger partial charge in [-0.2, -0.15) is 0 Å². The number of rotatable bonds is 6. The minimum Gasteiger partial charge on any atom is -0.393 e. The fourth-order valence-electron chi connectivity index (χ4n) is 6.38. The Balaban J connectivity index is 1.70. The highest BCUT2D eigenvalue weighted by atomic mass is 16.5. The van der Waals surface area contributed by atoms with Crippen LogP contribution in [0.2, 0.25) is 0 Å². The summed E-state index contributed by atoms with van der Waals surface area (Å²) >= 11 is 0. The molecule has 25 heavy (non-hydrogen) atoms. The fourth-order valence-corrected chi connectivity index (χ4v) is 6.38. The first-order valence-electron chi connectivity index (χ1n) is 10.3. The zero-order valence-corrected chi connectivity index (χ0v) is 16.1. The first-order valence-corrected chi connectivity index (χ1v) is 10.3. The molecule has 0 radical (unpaired) electrons. The Kier molecular flexibility index (Phi) is 5.92. The highest BCUT2D eigenvalue weighted by molar-refractivity contribution is 5.87. The second kappa shape index (κ2) is 7.66. The third-order valence-corrected chi connectivity index (χ3v) is 7.75. The van der Waals surface area contributed by atoms with Gasteiger partial charge >= 0.3 is 0 Å². The fraction of sp³-hybridized carbons (Fsp3) is 0.952. The molecule has 0 aromatic carbocycles. The number of hydrogen-bond donors (Lipinski definition) is 2. The molecule has 0 aromatic heterocycles. The van der Waals surface area contributed by atoms with Crippen LogP contribution in [0.15, 0.2) is 0 Å².